The highest BCUT2D eigenvalue weighted by atomic mass is 35.5. The minimum Gasteiger partial charge on any atom is -0.436 e. The van der Waals surface area contributed by atoms with Gasteiger partial charge in [-0.1, -0.05) is 11.6 Å². The molecule has 14 nitrogen and oxygen atoms in total. The summed E-state index contributed by atoms with van der Waals surface area (Å²) in [5.74, 6) is -0.683. The molecule has 5 heterocycles. The van der Waals surface area contributed by atoms with Gasteiger partial charge in [0.25, 0.3) is 15.9 Å². The number of oxazole rings is 1. The number of benzene rings is 1. The topological polar surface area (TPSA) is 175 Å². The van der Waals surface area contributed by atoms with E-state index in [0.717, 1.165) is 6.26 Å². The fourth-order valence-electron chi connectivity index (χ4n) is 5.64. The van der Waals surface area contributed by atoms with Gasteiger partial charge < -0.3 is 23.9 Å². The van der Waals surface area contributed by atoms with E-state index >= 15 is 0 Å². The molecule has 17 heteroatoms. The van der Waals surface area contributed by atoms with Crippen molar-refractivity contribution in [3.8, 4) is 0 Å². The van der Waals surface area contributed by atoms with E-state index in [1.54, 1.807) is 23.1 Å². The third-order valence-corrected chi connectivity index (χ3v) is 11.4. The molecule has 2 amide bonds. The van der Waals surface area contributed by atoms with E-state index in [4.69, 9.17) is 20.8 Å². The van der Waals surface area contributed by atoms with Gasteiger partial charge in [-0.2, -0.15) is 4.31 Å². The smallest absolute Gasteiger partial charge is 0.310 e. The number of rotatable bonds is 6. The van der Waals surface area contributed by atoms with Gasteiger partial charge in [-0.25, -0.2) is 21.8 Å². The first-order valence-corrected chi connectivity index (χ1v) is 17.5. The molecular weight excluding hydrogens is 624 g/mol. The number of carbonyl (C=O) groups is 2. The van der Waals surface area contributed by atoms with Crippen LogP contribution in [-0.4, -0.2) is 116 Å². The molecule has 2 aromatic heterocycles. The van der Waals surface area contributed by atoms with E-state index in [2.05, 4.69) is 15.3 Å². The molecule has 2 unspecified atom stereocenters. The molecule has 2 N–H and O–H groups in total. The van der Waals surface area contributed by atoms with Crippen molar-refractivity contribution in [3.63, 3.8) is 0 Å². The van der Waals surface area contributed by atoms with Crippen LogP contribution in [0.25, 0.3) is 10.9 Å². The molecular formula is C26H31ClN6O8S2. The highest BCUT2D eigenvalue weighted by molar-refractivity contribution is 7.91. The first-order chi connectivity index (χ1) is 20.4. The zero-order chi connectivity index (χ0) is 30.5. The Morgan fingerprint density at radius 2 is 1.86 bits per heavy atom. The summed E-state index contributed by atoms with van der Waals surface area (Å²) < 4.78 is 63.9. The predicted molar refractivity (Wildman–Crippen MR) is 155 cm³/mol. The number of nitrogens with one attached hydrogen (secondary N) is 2. The third kappa shape index (κ3) is 6.04. The standard InChI is InChI=1S/C26H31ClN6O8S2/c1-42(36,37)22-13-20-21(14-28-22)41-25(30-20)26(35)33-5-4-32(15-18(33)12-24(34)31-6-8-40-9-7-31)43(38,39)23-11-16-10-17(27)2-3-19(16)29-23/h2-3,10-11,18,22,28-29H,4-9,12-15H2,1H3. The Balaban J connectivity index is 1.26. The van der Waals surface area contributed by atoms with Gasteiger partial charge in [-0.05, 0) is 24.3 Å². The number of aromatic amines is 1. The van der Waals surface area contributed by atoms with Crippen LogP contribution in [0.2, 0.25) is 5.02 Å². The fraction of sp³-hybridized carbons (Fsp3) is 0.500. The molecule has 0 radical (unpaired) electrons. The number of sulfone groups is 1. The van der Waals surface area contributed by atoms with Gasteiger partial charge in [0.05, 0.1) is 31.5 Å². The zero-order valence-electron chi connectivity index (χ0n) is 23.3. The monoisotopic (exact) mass is 654 g/mol. The lowest BCUT2D eigenvalue weighted by molar-refractivity contribution is -0.136. The maximum Gasteiger partial charge on any atom is 0.310 e. The van der Waals surface area contributed by atoms with Gasteiger partial charge in [0.2, 0.25) is 5.91 Å². The van der Waals surface area contributed by atoms with E-state index in [9.17, 15) is 26.4 Å². The van der Waals surface area contributed by atoms with Crippen LogP contribution in [0.3, 0.4) is 0 Å². The summed E-state index contributed by atoms with van der Waals surface area (Å²) in [6.07, 6.45) is 1.06. The zero-order valence-corrected chi connectivity index (χ0v) is 25.7. The minimum atomic E-state index is -4.02. The van der Waals surface area contributed by atoms with Crippen LogP contribution >= 0.6 is 11.6 Å². The Labute approximate surface area is 253 Å². The summed E-state index contributed by atoms with van der Waals surface area (Å²) in [4.78, 5) is 37.3. The molecule has 0 aliphatic carbocycles. The van der Waals surface area contributed by atoms with Crippen LogP contribution in [-0.2, 0) is 42.4 Å². The second-order valence-electron chi connectivity index (χ2n) is 10.9. The second-order valence-corrected chi connectivity index (χ2v) is 15.4. The van der Waals surface area contributed by atoms with Crippen molar-refractivity contribution < 1.29 is 35.6 Å². The number of carbonyl (C=O) groups excluding carboxylic acids is 2. The average Bonchev–Trinajstić information content (AvgIpc) is 3.61. The van der Waals surface area contributed by atoms with E-state index in [1.165, 1.54) is 15.3 Å². The molecule has 3 aromatic rings. The number of H-pyrrole nitrogens is 1. The van der Waals surface area contributed by atoms with E-state index in [0.29, 0.717) is 53.7 Å². The molecule has 0 bridgehead atoms. The number of halogens is 1. The van der Waals surface area contributed by atoms with Crippen LogP contribution in [0.4, 0.5) is 0 Å². The number of piperazine rings is 1. The Morgan fingerprint density at radius 1 is 1.09 bits per heavy atom. The van der Waals surface area contributed by atoms with Gasteiger partial charge in [0.1, 0.15) is 16.2 Å². The lowest BCUT2D eigenvalue weighted by Gasteiger charge is -2.40. The molecule has 2 fully saturated rings. The summed E-state index contributed by atoms with van der Waals surface area (Å²) in [5, 5.41) is 3.13. The normalized spacial score (nSPS) is 22.1. The van der Waals surface area contributed by atoms with Crippen LogP contribution in [0.5, 0.6) is 0 Å². The number of nitrogens with zero attached hydrogens (tertiary/aromatic N) is 4. The first kappa shape index (κ1) is 30.0. The number of amides is 2. The lowest BCUT2D eigenvalue weighted by atomic mass is 10.1. The summed E-state index contributed by atoms with van der Waals surface area (Å²) in [6, 6.07) is 5.72. The largest absolute Gasteiger partial charge is 0.436 e. The number of fused-ring (bicyclic) bond motifs is 2. The summed E-state index contributed by atoms with van der Waals surface area (Å²) >= 11 is 6.08. The number of sulfonamides is 1. The molecule has 232 valence electrons. The molecule has 3 aliphatic heterocycles. The van der Waals surface area contributed by atoms with Gasteiger partial charge >= 0.3 is 5.91 Å². The summed E-state index contributed by atoms with van der Waals surface area (Å²) in [6.45, 7) is 1.53. The maximum atomic E-state index is 13.7. The molecule has 43 heavy (non-hydrogen) atoms. The molecule has 3 aliphatic rings. The average molecular weight is 655 g/mol. The lowest BCUT2D eigenvalue weighted by Crippen LogP contribution is -2.58. The van der Waals surface area contributed by atoms with Crippen molar-refractivity contribution in [2.24, 2.45) is 0 Å². The molecule has 2 atom stereocenters. The van der Waals surface area contributed by atoms with Crippen molar-refractivity contribution >= 4 is 54.2 Å². The van der Waals surface area contributed by atoms with E-state index in [-0.39, 0.29) is 55.8 Å². The molecule has 2 saturated heterocycles. The molecule has 1 aromatic carbocycles. The van der Waals surface area contributed by atoms with Gasteiger partial charge in [-0.3, -0.25) is 14.9 Å². The van der Waals surface area contributed by atoms with Crippen LogP contribution < -0.4 is 5.32 Å². The highest BCUT2D eigenvalue weighted by Crippen LogP contribution is 2.28. The van der Waals surface area contributed by atoms with Crippen molar-refractivity contribution in [2.45, 2.75) is 35.8 Å². The molecule has 6 rings (SSSR count). The number of aromatic nitrogens is 2. The van der Waals surface area contributed by atoms with Crippen molar-refractivity contribution in [1.82, 2.24) is 29.4 Å². The van der Waals surface area contributed by atoms with Gasteiger partial charge in [0, 0.05) is 67.7 Å². The summed E-state index contributed by atoms with van der Waals surface area (Å²) in [5.41, 5.74) is 0.981. The van der Waals surface area contributed by atoms with Crippen LogP contribution in [0.1, 0.15) is 28.6 Å². The summed E-state index contributed by atoms with van der Waals surface area (Å²) in [7, 11) is -7.42. The minimum absolute atomic E-state index is 0.0115. The SMILES string of the molecule is CS(=O)(=O)C1Cc2nc(C(=O)N3CCN(S(=O)(=O)c4cc5cc(Cl)ccc5[nH]4)CC3CC(=O)N3CCOCC3)oc2CN1. The number of hydrogen-bond acceptors (Lipinski definition) is 10. The molecule has 0 saturated carbocycles. The first-order valence-electron chi connectivity index (χ1n) is 13.8. The van der Waals surface area contributed by atoms with Gasteiger partial charge in [-0.15, -0.1) is 0 Å². The van der Waals surface area contributed by atoms with E-state index < -0.39 is 37.2 Å². The number of ether oxygens (including phenoxy) is 1. The highest BCUT2D eigenvalue weighted by Gasteiger charge is 2.41. The third-order valence-electron chi connectivity index (χ3n) is 8.00. The Morgan fingerprint density at radius 3 is 2.60 bits per heavy atom. The number of morpholine rings is 1. The predicted octanol–water partition coefficient (Wildman–Crippen LogP) is 0.590. The molecule has 0 spiro atoms. The second kappa shape index (κ2) is 11.5. The number of hydrogen-bond donors (Lipinski definition) is 2. The van der Waals surface area contributed by atoms with Gasteiger partial charge in [0.15, 0.2) is 9.84 Å². The quantitative estimate of drug-likeness (QED) is 0.383. The maximum absolute atomic E-state index is 13.7. The van der Waals surface area contributed by atoms with Crippen molar-refractivity contribution in [1.29, 1.82) is 0 Å². The fourth-order valence-corrected chi connectivity index (χ4v) is 8.15. The van der Waals surface area contributed by atoms with Crippen molar-refractivity contribution in [2.75, 3.05) is 52.2 Å². The Bertz CT molecular complexity index is 1780. The van der Waals surface area contributed by atoms with Crippen LogP contribution in [0.15, 0.2) is 33.7 Å². The van der Waals surface area contributed by atoms with E-state index in [1.807, 2.05) is 0 Å². The Hall–Kier alpha value is -3.02. The van der Waals surface area contributed by atoms with Crippen molar-refractivity contribution in [3.05, 3.63) is 46.6 Å². The van der Waals surface area contributed by atoms with Crippen LogP contribution in [0, 0.1) is 0 Å². The Kier molecular flexibility index (Phi) is 8.02.